The van der Waals surface area contributed by atoms with E-state index in [0.717, 1.165) is 64.9 Å². The van der Waals surface area contributed by atoms with Crippen LogP contribution in [0.25, 0.3) is 22.0 Å². The van der Waals surface area contributed by atoms with E-state index in [4.69, 9.17) is 19.4 Å². The Kier molecular flexibility index (Phi) is 6.92. The van der Waals surface area contributed by atoms with E-state index in [1.807, 2.05) is 69.8 Å². The van der Waals surface area contributed by atoms with Crippen molar-refractivity contribution in [2.24, 2.45) is 11.8 Å². The first kappa shape index (κ1) is 30.5. The summed E-state index contributed by atoms with van der Waals surface area (Å²) in [6.07, 6.45) is 7.00. The van der Waals surface area contributed by atoms with Crippen LogP contribution in [0.4, 0.5) is 9.59 Å². The van der Waals surface area contributed by atoms with E-state index in [9.17, 15) is 9.59 Å². The van der Waals surface area contributed by atoms with Crippen LogP contribution in [0.15, 0.2) is 48.8 Å². The van der Waals surface area contributed by atoms with Crippen molar-refractivity contribution in [3.63, 3.8) is 0 Å². The largest absolute Gasteiger partial charge is 0.444 e. The fourth-order valence-corrected chi connectivity index (χ4v) is 7.41. The van der Waals surface area contributed by atoms with Gasteiger partial charge in [0.05, 0.1) is 24.0 Å². The van der Waals surface area contributed by atoms with Crippen molar-refractivity contribution in [1.82, 2.24) is 29.7 Å². The number of rotatable bonds is 3. The van der Waals surface area contributed by atoms with E-state index in [2.05, 4.69) is 52.1 Å². The minimum absolute atomic E-state index is 0.0998. The highest BCUT2D eigenvalue weighted by Gasteiger charge is 2.57. The van der Waals surface area contributed by atoms with Gasteiger partial charge in [-0.1, -0.05) is 24.1 Å². The minimum atomic E-state index is -0.541. The van der Waals surface area contributed by atoms with Crippen LogP contribution in [-0.2, 0) is 9.47 Å². The summed E-state index contributed by atoms with van der Waals surface area (Å²) in [4.78, 5) is 46.0. The molecular weight excluding hydrogens is 604 g/mol. The first-order valence-electron chi connectivity index (χ1n) is 17.0. The molecule has 0 spiro atoms. The Labute approximate surface area is 280 Å². The molecule has 248 valence electrons. The van der Waals surface area contributed by atoms with Gasteiger partial charge in [0.2, 0.25) is 0 Å². The summed E-state index contributed by atoms with van der Waals surface area (Å²) in [6, 6.07) is 12.8. The van der Waals surface area contributed by atoms with E-state index >= 15 is 0 Å². The number of likely N-dealkylation sites (tertiary alicyclic amines) is 2. The number of benzene rings is 2. The zero-order chi connectivity index (χ0) is 33.5. The summed E-state index contributed by atoms with van der Waals surface area (Å²) in [5, 5.41) is 2.17. The maximum Gasteiger partial charge on any atom is 0.411 e. The predicted molar refractivity (Wildman–Crippen MR) is 181 cm³/mol. The Hall–Kier alpha value is -4.78. The molecule has 1 unspecified atom stereocenters. The average Bonchev–Trinajstić information content (AvgIpc) is 3.62. The van der Waals surface area contributed by atoms with Crippen LogP contribution in [0.2, 0.25) is 0 Å². The number of carbonyl (C=O) groups excluding carboxylic acids is 2. The van der Waals surface area contributed by atoms with E-state index in [-0.39, 0.29) is 36.4 Å². The van der Waals surface area contributed by atoms with Gasteiger partial charge in [-0.15, -0.1) is 0 Å². The summed E-state index contributed by atoms with van der Waals surface area (Å²) >= 11 is 0. The van der Waals surface area contributed by atoms with Crippen LogP contribution in [-0.4, -0.2) is 65.2 Å². The fraction of sp³-hybridized carbons (Fsp3) is 0.474. The Bertz CT molecular complexity index is 1990. The van der Waals surface area contributed by atoms with E-state index in [0.29, 0.717) is 17.5 Å². The van der Waals surface area contributed by atoms with Gasteiger partial charge >= 0.3 is 12.2 Å². The number of piperidine rings is 2. The van der Waals surface area contributed by atoms with Gasteiger partial charge in [-0.05, 0) is 114 Å². The van der Waals surface area contributed by atoms with Gasteiger partial charge in [0.15, 0.2) is 0 Å². The third-order valence-electron chi connectivity index (χ3n) is 9.73. The minimum Gasteiger partial charge on any atom is -0.444 e. The van der Waals surface area contributed by atoms with Crippen molar-refractivity contribution in [3.8, 4) is 23.1 Å². The van der Waals surface area contributed by atoms with Gasteiger partial charge in [-0.25, -0.2) is 19.6 Å². The Morgan fingerprint density at radius 1 is 0.792 bits per heavy atom. The molecule has 48 heavy (non-hydrogen) atoms. The Morgan fingerprint density at radius 2 is 1.40 bits per heavy atom. The molecule has 2 aliphatic heterocycles. The van der Waals surface area contributed by atoms with Crippen molar-refractivity contribution in [1.29, 1.82) is 0 Å². The smallest absolute Gasteiger partial charge is 0.411 e. The van der Waals surface area contributed by atoms with E-state index < -0.39 is 11.2 Å². The molecule has 4 fully saturated rings. The molecule has 10 heteroatoms. The number of aromatic nitrogens is 4. The second-order valence-electron chi connectivity index (χ2n) is 15.8. The molecule has 2 saturated heterocycles. The van der Waals surface area contributed by atoms with Gasteiger partial charge in [0, 0.05) is 29.4 Å². The molecule has 2 N–H and O–H groups in total. The van der Waals surface area contributed by atoms with Crippen LogP contribution >= 0.6 is 0 Å². The highest BCUT2D eigenvalue weighted by atomic mass is 16.6. The molecule has 0 bridgehead atoms. The number of nitrogens with one attached hydrogen (secondary N) is 2. The zero-order valence-corrected chi connectivity index (χ0v) is 28.3. The summed E-state index contributed by atoms with van der Waals surface area (Å²) in [5.41, 5.74) is 2.40. The molecule has 2 aromatic heterocycles. The summed E-state index contributed by atoms with van der Waals surface area (Å²) in [5.74, 6) is 9.05. The summed E-state index contributed by atoms with van der Waals surface area (Å²) < 4.78 is 11.4. The molecule has 4 heterocycles. The lowest BCUT2D eigenvalue weighted by Crippen LogP contribution is -2.38. The maximum atomic E-state index is 13.0. The van der Waals surface area contributed by atoms with Crippen molar-refractivity contribution in [3.05, 3.63) is 71.7 Å². The number of amides is 2. The average molecular weight is 647 g/mol. The lowest BCUT2D eigenvalue weighted by molar-refractivity contribution is 0.0164. The first-order valence-corrected chi connectivity index (χ1v) is 17.0. The number of fused-ring (bicyclic) bond motifs is 3. The molecule has 2 amide bonds. The fourth-order valence-electron chi connectivity index (χ4n) is 7.41. The molecule has 4 aromatic rings. The van der Waals surface area contributed by atoms with Crippen molar-refractivity contribution in [2.45, 2.75) is 103 Å². The monoisotopic (exact) mass is 646 g/mol. The maximum absolute atomic E-state index is 13.0. The summed E-state index contributed by atoms with van der Waals surface area (Å²) in [7, 11) is 0. The number of H-pyrrole nitrogens is 2. The number of hydrogen-bond acceptors (Lipinski definition) is 6. The van der Waals surface area contributed by atoms with Crippen LogP contribution in [0.1, 0.15) is 102 Å². The highest BCUT2D eigenvalue weighted by Crippen LogP contribution is 2.54. The second-order valence-corrected chi connectivity index (χ2v) is 15.8. The zero-order valence-electron chi connectivity index (χ0n) is 28.3. The first-order chi connectivity index (χ1) is 22.8. The van der Waals surface area contributed by atoms with E-state index in [1.165, 1.54) is 0 Å². The molecule has 8 rings (SSSR count). The third-order valence-corrected chi connectivity index (χ3v) is 9.73. The molecule has 0 radical (unpaired) electrons. The van der Waals surface area contributed by atoms with Gasteiger partial charge in [-0.3, -0.25) is 9.80 Å². The van der Waals surface area contributed by atoms with Crippen LogP contribution in [0, 0.1) is 23.7 Å². The van der Waals surface area contributed by atoms with Crippen molar-refractivity contribution < 1.29 is 19.1 Å². The molecule has 2 aromatic carbocycles. The lowest BCUT2D eigenvalue weighted by Gasteiger charge is -2.29. The van der Waals surface area contributed by atoms with E-state index in [1.54, 1.807) is 0 Å². The number of nitrogens with zero attached hydrogens (tertiary/aromatic N) is 4. The predicted octanol–water partition coefficient (Wildman–Crippen LogP) is 7.49. The Balaban J connectivity index is 0.958. The molecule has 10 nitrogen and oxygen atoms in total. The second kappa shape index (κ2) is 10.9. The lowest BCUT2D eigenvalue weighted by atomic mass is 10.0. The van der Waals surface area contributed by atoms with Gasteiger partial charge in [-0.2, -0.15) is 0 Å². The molecule has 4 aliphatic rings. The molecule has 2 aliphatic carbocycles. The molecule has 2 saturated carbocycles. The number of hydrogen-bond donors (Lipinski definition) is 2. The number of ether oxygens (including phenoxy) is 2. The summed E-state index contributed by atoms with van der Waals surface area (Å²) in [6.45, 7) is 11.4. The molecular formula is C38H42N6O4. The SMILES string of the molecule is CC(C)(C)OC(=O)N1C(c2nc(C#Cc3ccc4cc(-c5cnc([C@@H]6C[C@H]7C[C@H]7N6C(=O)OC(C)(C)C)[nH]5)ccc4c3)c[nH]2)C[C@H]2C[C@H]21. The quantitative estimate of drug-likeness (QED) is 0.223. The van der Waals surface area contributed by atoms with Gasteiger partial charge < -0.3 is 19.4 Å². The molecule has 6 atom stereocenters. The Morgan fingerprint density at radius 3 is 2.04 bits per heavy atom. The van der Waals surface area contributed by atoms with Gasteiger partial charge in [0.1, 0.15) is 28.5 Å². The number of carbonyl (C=O) groups is 2. The van der Waals surface area contributed by atoms with Gasteiger partial charge in [0.25, 0.3) is 0 Å². The number of aromatic amines is 2. The normalized spacial score (nSPS) is 25.7. The van der Waals surface area contributed by atoms with Crippen LogP contribution < -0.4 is 0 Å². The van der Waals surface area contributed by atoms with Crippen LogP contribution in [0.3, 0.4) is 0 Å². The third kappa shape index (κ3) is 5.91. The topological polar surface area (TPSA) is 116 Å². The van der Waals surface area contributed by atoms with Crippen molar-refractivity contribution in [2.75, 3.05) is 0 Å². The standard InChI is InChI=1S/C38H42N6O4/c1-37(2,3)47-35(45)43-29-15-25(29)17-31(43)33-39-19-27(41-33)12-8-21-7-9-23-14-24(11-10-22(23)13-21)28-20-40-34(42-28)32-18-26-16-30(26)44(32)36(46)48-38(4,5)6/h7,9-11,13-14,19-20,25-26,29-32H,15-18H2,1-6H3,(H,39,41)(H,40,42)/t25-,26-,29-,30-,31?,32+/m1/s1. The highest BCUT2D eigenvalue weighted by molar-refractivity contribution is 5.88. The van der Waals surface area contributed by atoms with Crippen molar-refractivity contribution >= 4 is 23.0 Å². The number of imidazole rings is 2. The van der Waals surface area contributed by atoms with Crippen LogP contribution in [0.5, 0.6) is 0 Å².